The van der Waals surface area contributed by atoms with Crippen LogP contribution in [0.2, 0.25) is 0 Å². The third-order valence-corrected chi connectivity index (χ3v) is 4.48. The summed E-state index contributed by atoms with van der Waals surface area (Å²) in [7, 11) is 0. The van der Waals surface area contributed by atoms with Crippen LogP contribution in [0.1, 0.15) is 21.7 Å². The summed E-state index contributed by atoms with van der Waals surface area (Å²) in [6.07, 6.45) is 1.70. The van der Waals surface area contributed by atoms with Crippen molar-refractivity contribution in [2.24, 2.45) is 0 Å². The molecule has 2 heterocycles. The molecule has 5 heteroatoms. The molecule has 2 aromatic carbocycles. The molecule has 0 N–H and O–H groups in total. The number of aromatic nitrogens is 2. The van der Waals surface area contributed by atoms with Gasteiger partial charge in [0.15, 0.2) is 0 Å². The monoisotopic (exact) mass is 335 g/mol. The van der Waals surface area contributed by atoms with Crippen LogP contribution in [0, 0.1) is 5.82 Å². The fraction of sp³-hybridized carbons (Fsp3) is 0.200. The van der Waals surface area contributed by atoms with Gasteiger partial charge >= 0.3 is 0 Å². The predicted molar refractivity (Wildman–Crippen MR) is 94.2 cm³/mol. The van der Waals surface area contributed by atoms with Gasteiger partial charge in [-0.05, 0) is 48.7 Å². The van der Waals surface area contributed by atoms with Gasteiger partial charge in [-0.25, -0.2) is 4.39 Å². The van der Waals surface area contributed by atoms with E-state index in [0.717, 1.165) is 18.5 Å². The van der Waals surface area contributed by atoms with Crippen molar-refractivity contribution in [2.75, 3.05) is 11.4 Å². The second-order valence-electron chi connectivity index (χ2n) is 6.16. The van der Waals surface area contributed by atoms with Gasteiger partial charge in [-0.15, -0.1) is 0 Å². The minimum absolute atomic E-state index is 0.0867. The lowest BCUT2D eigenvalue weighted by Crippen LogP contribution is -2.40. The molecule has 0 fully saturated rings. The molecule has 0 spiro atoms. The number of anilines is 1. The van der Waals surface area contributed by atoms with E-state index in [1.807, 2.05) is 24.3 Å². The Balaban J connectivity index is 1.51. The highest BCUT2D eigenvalue weighted by atomic mass is 19.1. The average Bonchev–Trinajstić information content (AvgIpc) is 3.06. The summed E-state index contributed by atoms with van der Waals surface area (Å²) in [4.78, 5) is 14.4. The molecule has 0 aliphatic carbocycles. The first-order chi connectivity index (χ1) is 12.2. The fourth-order valence-electron chi connectivity index (χ4n) is 3.15. The number of carbonyl (C=O) groups is 1. The first kappa shape index (κ1) is 15.6. The number of halogens is 1. The zero-order valence-electron chi connectivity index (χ0n) is 13.7. The topological polar surface area (TPSA) is 38.1 Å². The molecule has 0 unspecified atom stereocenters. The van der Waals surface area contributed by atoms with E-state index in [-0.39, 0.29) is 11.7 Å². The Hall–Kier alpha value is -2.95. The third-order valence-electron chi connectivity index (χ3n) is 4.48. The summed E-state index contributed by atoms with van der Waals surface area (Å²) in [5, 5.41) is 4.57. The highest BCUT2D eigenvalue weighted by Gasteiger charge is 2.27. The minimum Gasteiger partial charge on any atom is -0.305 e. The van der Waals surface area contributed by atoms with Gasteiger partial charge in [0.05, 0.1) is 12.2 Å². The average molecular weight is 335 g/mol. The lowest BCUT2D eigenvalue weighted by atomic mass is 10.1. The summed E-state index contributed by atoms with van der Waals surface area (Å²) < 4.78 is 14.9. The van der Waals surface area contributed by atoms with Crippen molar-refractivity contribution in [1.29, 1.82) is 0 Å². The summed E-state index contributed by atoms with van der Waals surface area (Å²) in [5.41, 5.74) is 3.49. The van der Waals surface area contributed by atoms with Crippen molar-refractivity contribution in [3.05, 3.63) is 83.4 Å². The van der Waals surface area contributed by atoms with E-state index in [1.54, 1.807) is 21.7 Å². The Bertz CT molecular complexity index is 887. The van der Waals surface area contributed by atoms with Crippen molar-refractivity contribution in [2.45, 2.75) is 19.4 Å². The fourth-order valence-corrected chi connectivity index (χ4v) is 3.15. The van der Waals surface area contributed by atoms with E-state index in [9.17, 15) is 9.18 Å². The molecule has 1 aromatic heterocycles. The molecule has 1 amide bonds. The predicted octanol–water partition coefficient (Wildman–Crippen LogP) is 3.47. The van der Waals surface area contributed by atoms with E-state index in [0.29, 0.717) is 24.5 Å². The van der Waals surface area contributed by atoms with E-state index >= 15 is 0 Å². The van der Waals surface area contributed by atoms with Gasteiger partial charge in [0.25, 0.3) is 5.91 Å². The van der Waals surface area contributed by atoms with Gasteiger partial charge in [0.2, 0.25) is 0 Å². The van der Waals surface area contributed by atoms with E-state index in [4.69, 9.17) is 0 Å². The SMILES string of the molecule is O=C1c2cc(CCc3ccccc3)nn2CCN1c1ccc(F)cc1. The Morgan fingerprint density at radius 1 is 0.960 bits per heavy atom. The van der Waals surface area contributed by atoms with Crippen molar-refractivity contribution >= 4 is 11.6 Å². The van der Waals surface area contributed by atoms with Crippen LogP contribution in [0.5, 0.6) is 0 Å². The molecule has 4 rings (SSSR count). The maximum Gasteiger partial charge on any atom is 0.276 e. The van der Waals surface area contributed by atoms with Crippen LogP contribution in [0.3, 0.4) is 0 Å². The summed E-state index contributed by atoms with van der Waals surface area (Å²) in [5.74, 6) is -0.391. The van der Waals surface area contributed by atoms with Crippen molar-refractivity contribution < 1.29 is 9.18 Å². The van der Waals surface area contributed by atoms with Crippen LogP contribution in [-0.4, -0.2) is 22.2 Å². The summed E-state index contributed by atoms with van der Waals surface area (Å²) in [6, 6.07) is 18.1. The Morgan fingerprint density at radius 3 is 2.48 bits per heavy atom. The number of fused-ring (bicyclic) bond motifs is 1. The van der Waals surface area contributed by atoms with E-state index in [2.05, 4.69) is 17.2 Å². The van der Waals surface area contributed by atoms with E-state index in [1.165, 1.54) is 17.7 Å². The molecule has 0 atom stereocenters. The van der Waals surface area contributed by atoms with Crippen LogP contribution in [0.4, 0.5) is 10.1 Å². The van der Waals surface area contributed by atoms with Gasteiger partial charge in [-0.2, -0.15) is 5.10 Å². The lowest BCUT2D eigenvalue weighted by Gasteiger charge is -2.27. The summed E-state index contributed by atoms with van der Waals surface area (Å²) in [6.45, 7) is 1.18. The zero-order valence-corrected chi connectivity index (χ0v) is 13.7. The number of aryl methyl sites for hydroxylation is 2. The summed E-state index contributed by atoms with van der Waals surface area (Å²) >= 11 is 0. The maximum absolute atomic E-state index is 13.1. The number of hydrogen-bond acceptors (Lipinski definition) is 2. The van der Waals surface area contributed by atoms with Gasteiger partial charge in [-0.3, -0.25) is 9.48 Å². The van der Waals surface area contributed by atoms with Crippen LogP contribution in [0.15, 0.2) is 60.7 Å². The second-order valence-corrected chi connectivity index (χ2v) is 6.16. The minimum atomic E-state index is -0.304. The molecular weight excluding hydrogens is 317 g/mol. The number of hydrogen-bond donors (Lipinski definition) is 0. The molecule has 0 saturated carbocycles. The quantitative estimate of drug-likeness (QED) is 0.732. The normalized spacial score (nSPS) is 13.8. The third kappa shape index (κ3) is 3.18. The Labute approximate surface area is 145 Å². The molecule has 126 valence electrons. The maximum atomic E-state index is 13.1. The van der Waals surface area contributed by atoms with Crippen molar-refractivity contribution in [1.82, 2.24) is 9.78 Å². The first-order valence-corrected chi connectivity index (χ1v) is 8.39. The molecule has 4 nitrogen and oxygen atoms in total. The molecule has 25 heavy (non-hydrogen) atoms. The Kier molecular flexibility index (Phi) is 4.06. The number of carbonyl (C=O) groups excluding carboxylic acids is 1. The molecule has 1 aliphatic rings. The van der Waals surface area contributed by atoms with Crippen LogP contribution in [-0.2, 0) is 19.4 Å². The smallest absolute Gasteiger partial charge is 0.276 e. The standard InChI is InChI=1S/C20H18FN3O/c21-16-7-10-18(11-8-16)23-12-13-24-19(20(23)25)14-17(22-24)9-6-15-4-2-1-3-5-15/h1-5,7-8,10-11,14H,6,9,12-13H2. The Morgan fingerprint density at radius 2 is 1.72 bits per heavy atom. The highest BCUT2D eigenvalue weighted by Crippen LogP contribution is 2.22. The van der Waals surface area contributed by atoms with Crippen LogP contribution < -0.4 is 4.90 Å². The zero-order chi connectivity index (χ0) is 17.2. The van der Waals surface area contributed by atoms with Gasteiger partial charge in [0.1, 0.15) is 11.5 Å². The van der Waals surface area contributed by atoms with Crippen LogP contribution >= 0.6 is 0 Å². The molecule has 0 radical (unpaired) electrons. The molecule has 0 saturated heterocycles. The van der Waals surface area contributed by atoms with Crippen LogP contribution in [0.25, 0.3) is 0 Å². The second kappa shape index (κ2) is 6.51. The van der Waals surface area contributed by atoms with Gasteiger partial charge < -0.3 is 4.90 Å². The number of nitrogens with zero attached hydrogens (tertiary/aromatic N) is 3. The first-order valence-electron chi connectivity index (χ1n) is 8.39. The van der Waals surface area contributed by atoms with E-state index < -0.39 is 0 Å². The van der Waals surface area contributed by atoms with Gasteiger partial charge in [-0.1, -0.05) is 30.3 Å². The van der Waals surface area contributed by atoms with Gasteiger partial charge in [0, 0.05) is 12.2 Å². The molecular formula is C20H18FN3O. The number of rotatable bonds is 4. The van der Waals surface area contributed by atoms with Crippen molar-refractivity contribution in [3.8, 4) is 0 Å². The molecule has 1 aliphatic heterocycles. The molecule has 0 bridgehead atoms. The lowest BCUT2D eigenvalue weighted by molar-refractivity contribution is 0.0962. The number of amides is 1. The molecule has 3 aromatic rings. The highest BCUT2D eigenvalue weighted by molar-refractivity contribution is 6.05. The number of benzene rings is 2. The van der Waals surface area contributed by atoms with Crippen molar-refractivity contribution in [3.63, 3.8) is 0 Å². The largest absolute Gasteiger partial charge is 0.305 e.